The lowest BCUT2D eigenvalue weighted by molar-refractivity contribution is 0.418. The molecule has 166 valence electrons. The Labute approximate surface area is 189 Å². The molecular weight excluding hydrogens is 398 g/mol. The number of hydrogen-bond acceptors (Lipinski definition) is 5. The summed E-state index contributed by atoms with van der Waals surface area (Å²) in [6, 6.07) is 10.6. The Morgan fingerprint density at radius 1 is 1.22 bits per heavy atom. The molecule has 1 saturated carbocycles. The molecule has 0 radical (unpaired) electrons. The minimum atomic E-state index is -0.0683. The van der Waals surface area contributed by atoms with E-state index in [1.54, 1.807) is 6.20 Å². The third-order valence-electron chi connectivity index (χ3n) is 6.57. The second kappa shape index (κ2) is 9.44. The number of pyridine rings is 2. The van der Waals surface area contributed by atoms with Crippen LogP contribution in [0.1, 0.15) is 61.4 Å². The number of rotatable bonds is 6. The molecule has 2 heterocycles. The molecule has 0 spiro atoms. The molecule has 0 aliphatic heterocycles. The third-order valence-corrected chi connectivity index (χ3v) is 6.57. The van der Waals surface area contributed by atoms with E-state index in [0.717, 1.165) is 45.6 Å². The Hall–Kier alpha value is -3.33. The molecule has 6 heteroatoms. The largest absolute Gasteiger partial charge is 0.380 e. The monoisotopic (exact) mass is 429 g/mol. The van der Waals surface area contributed by atoms with E-state index in [1.807, 2.05) is 38.1 Å². The van der Waals surface area contributed by atoms with Gasteiger partial charge in [-0.1, -0.05) is 19.3 Å². The fraction of sp³-hybridized carbons (Fsp3) is 0.423. The van der Waals surface area contributed by atoms with Crippen LogP contribution in [0.25, 0.3) is 10.9 Å². The van der Waals surface area contributed by atoms with Crippen LogP contribution in [0.15, 0.2) is 35.3 Å². The van der Waals surface area contributed by atoms with Crippen molar-refractivity contribution in [1.82, 2.24) is 9.97 Å². The summed E-state index contributed by atoms with van der Waals surface area (Å²) in [5.74, 6) is 0. The lowest BCUT2D eigenvalue weighted by Gasteiger charge is -2.36. The van der Waals surface area contributed by atoms with Crippen molar-refractivity contribution in [3.05, 3.63) is 63.2 Å². The van der Waals surface area contributed by atoms with Gasteiger partial charge in [0.15, 0.2) is 0 Å². The molecule has 2 aromatic heterocycles. The average molecular weight is 430 g/mol. The van der Waals surface area contributed by atoms with Gasteiger partial charge in [-0.2, -0.15) is 5.26 Å². The topological polar surface area (TPSA) is 84.8 Å². The number of nitriles is 1. The fourth-order valence-corrected chi connectivity index (χ4v) is 4.98. The van der Waals surface area contributed by atoms with Crippen LogP contribution in [0.3, 0.4) is 0 Å². The number of H-pyrrole nitrogens is 1. The van der Waals surface area contributed by atoms with E-state index in [9.17, 15) is 10.1 Å². The molecule has 6 nitrogen and oxygen atoms in total. The number of benzene rings is 1. The van der Waals surface area contributed by atoms with Crippen LogP contribution in [-0.2, 0) is 6.54 Å². The Morgan fingerprint density at radius 2 is 2.00 bits per heavy atom. The molecule has 1 aliphatic rings. The van der Waals surface area contributed by atoms with Crippen LogP contribution in [0.5, 0.6) is 0 Å². The van der Waals surface area contributed by atoms with Gasteiger partial charge in [0.25, 0.3) is 5.56 Å². The summed E-state index contributed by atoms with van der Waals surface area (Å²) in [5.41, 5.74) is 5.91. The van der Waals surface area contributed by atoms with Crippen molar-refractivity contribution in [3.63, 3.8) is 0 Å². The Bertz CT molecular complexity index is 1220. The summed E-state index contributed by atoms with van der Waals surface area (Å²) in [7, 11) is 0. The number of aryl methyl sites for hydroxylation is 2. The summed E-state index contributed by atoms with van der Waals surface area (Å²) in [4.78, 5) is 22.5. The highest BCUT2D eigenvalue weighted by Gasteiger charge is 2.23. The van der Waals surface area contributed by atoms with E-state index in [2.05, 4.69) is 28.2 Å². The van der Waals surface area contributed by atoms with Crippen LogP contribution in [0, 0.1) is 25.2 Å². The Morgan fingerprint density at radius 3 is 2.69 bits per heavy atom. The summed E-state index contributed by atoms with van der Waals surface area (Å²) in [5, 5.41) is 14.1. The van der Waals surface area contributed by atoms with Gasteiger partial charge in [-0.25, -0.2) is 0 Å². The molecule has 0 atom stereocenters. The van der Waals surface area contributed by atoms with Gasteiger partial charge in [0.05, 0.1) is 22.8 Å². The maximum absolute atomic E-state index is 12.4. The van der Waals surface area contributed by atoms with Crippen LogP contribution in [0.2, 0.25) is 0 Å². The first-order chi connectivity index (χ1) is 15.5. The number of nitrogens with zero attached hydrogens (tertiary/aromatic N) is 3. The molecule has 0 amide bonds. The minimum Gasteiger partial charge on any atom is -0.380 e. The van der Waals surface area contributed by atoms with Crippen molar-refractivity contribution in [2.24, 2.45) is 0 Å². The van der Waals surface area contributed by atoms with Crippen LogP contribution in [0.4, 0.5) is 11.4 Å². The fourth-order valence-electron chi connectivity index (χ4n) is 4.98. The van der Waals surface area contributed by atoms with E-state index in [4.69, 9.17) is 4.98 Å². The normalized spacial score (nSPS) is 14.3. The Kier molecular flexibility index (Phi) is 6.45. The van der Waals surface area contributed by atoms with E-state index in [-0.39, 0.29) is 5.56 Å². The van der Waals surface area contributed by atoms with Crippen LogP contribution in [-0.4, -0.2) is 22.6 Å². The van der Waals surface area contributed by atoms with Gasteiger partial charge in [-0.05, 0) is 63.4 Å². The van der Waals surface area contributed by atoms with E-state index < -0.39 is 0 Å². The molecule has 2 N–H and O–H groups in total. The van der Waals surface area contributed by atoms with E-state index >= 15 is 0 Å². The molecule has 1 aliphatic carbocycles. The molecule has 1 fully saturated rings. The highest BCUT2D eigenvalue weighted by molar-refractivity contribution is 6.00. The van der Waals surface area contributed by atoms with Gasteiger partial charge in [0.1, 0.15) is 0 Å². The van der Waals surface area contributed by atoms with E-state index in [1.165, 1.54) is 32.1 Å². The molecule has 3 aromatic rings. The molecule has 0 unspecified atom stereocenters. The summed E-state index contributed by atoms with van der Waals surface area (Å²) >= 11 is 0. The predicted octanol–water partition coefficient (Wildman–Crippen LogP) is 5.18. The maximum Gasteiger partial charge on any atom is 0.253 e. The standard InChI is InChI=1S/C26H31N5O/c1-4-31(20-8-6-5-7-9-20)24-14-19(15-27)13-21-23(10-11-28-25(21)24)29-16-22-17(2)12-18(3)30-26(22)32/h10-14,20H,4-9,16H2,1-3H3,(H,28,29)(H,30,32). The molecule has 32 heavy (non-hydrogen) atoms. The predicted molar refractivity (Wildman–Crippen MR) is 130 cm³/mol. The van der Waals surface area contributed by atoms with Crippen LogP contribution >= 0.6 is 0 Å². The lowest BCUT2D eigenvalue weighted by Crippen LogP contribution is -2.37. The third kappa shape index (κ3) is 4.34. The highest BCUT2D eigenvalue weighted by atomic mass is 16.1. The summed E-state index contributed by atoms with van der Waals surface area (Å²) < 4.78 is 0. The SMILES string of the molecule is CCN(c1cc(C#N)cc2c(NCc3c(C)cc(C)[nH]c3=O)ccnc12)C1CCCCC1. The minimum absolute atomic E-state index is 0.0683. The number of fused-ring (bicyclic) bond motifs is 1. The number of aromatic amines is 1. The van der Waals surface area contributed by atoms with Crippen molar-refractivity contribution in [1.29, 1.82) is 5.26 Å². The highest BCUT2D eigenvalue weighted by Crippen LogP contribution is 2.35. The van der Waals surface area contributed by atoms with Crippen molar-refractivity contribution in [2.45, 2.75) is 65.5 Å². The van der Waals surface area contributed by atoms with Gasteiger partial charge >= 0.3 is 0 Å². The average Bonchev–Trinajstić information content (AvgIpc) is 2.79. The second-order valence-corrected chi connectivity index (χ2v) is 8.74. The number of nitrogens with one attached hydrogen (secondary N) is 2. The first-order valence-electron chi connectivity index (χ1n) is 11.5. The van der Waals surface area contributed by atoms with Gasteiger partial charge < -0.3 is 15.2 Å². The molecule has 0 bridgehead atoms. The molecule has 1 aromatic carbocycles. The Balaban J connectivity index is 1.75. The zero-order valence-electron chi connectivity index (χ0n) is 19.2. The zero-order valence-corrected chi connectivity index (χ0v) is 19.2. The van der Waals surface area contributed by atoms with Crippen molar-refractivity contribution < 1.29 is 0 Å². The van der Waals surface area contributed by atoms with Crippen molar-refractivity contribution in [3.8, 4) is 6.07 Å². The summed E-state index contributed by atoms with van der Waals surface area (Å²) in [6.45, 7) is 7.31. The number of anilines is 2. The molecular formula is C26H31N5O. The molecule has 0 saturated heterocycles. The van der Waals surface area contributed by atoms with E-state index in [0.29, 0.717) is 18.2 Å². The first kappa shape index (κ1) is 21.9. The van der Waals surface area contributed by atoms with Gasteiger partial charge in [-0.3, -0.25) is 9.78 Å². The van der Waals surface area contributed by atoms with Gasteiger partial charge in [0, 0.05) is 47.7 Å². The maximum atomic E-state index is 12.4. The summed E-state index contributed by atoms with van der Waals surface area (Å²) in [6.07, 6.45) is 7.97. The van der Waals surface area contributed by atoms with Crippen LogP contribution < -0.4 is 15.8 Å². The quantitative estimate of drug-likeness (QED) is 0.564. The smallest absolute Gasteiger partial charge is 0.253 e. The zero-order chi connectivity index (χ0) is 22.7. The van der Waals surface area contributed by atoms with Crippen molar-refractivity contribution >= 4 is 22.3 Å². The van der Waals surface area contributed by atoms with Gasteiger partial charge in [0.2, 0.25) is 0 Å². The number of aromatic nitrogens is 2. The van der Waals surface area contributed by atoms with Gasteiger partial charge in [-0.15, -0.1) is 0 Å². The number of hydrogen-bond donors (Lipinski definition) is 2. The van der Waals surface area contributed by atoms with Crippen molar-refractivity contribution in [2.75, 3.05) is 16.8 Å². The lowest BCUT2D eigenvalue weighted by atomic mass is 9.93. The molecule has 4 rings (SSSR count). The first-order valence-corrected chi connectivity index (χ1v) is 11.5. The second-order valence-electron chi connectivity index (χ2n) is 8.74.